The van der Waals surface area contributed by atoms with Gasteiger partial charge in [0.25, 0.3) is 5.91 Å². The second-order valence-electron chi connectivity index (χ2n) is 9.41. The number of carbonyl (C=O) groups excluding carboxylic acids is 2. The van der Waals surface area contributed by atoms with Crippen LogP contribution in [0.5, 0.6) is 0 Å². The minimum Gasteiger partial charge on any atom is -0.481 e. The third-order valence-corrected chi connectivity index (χ3v) is 7.43. The Morgan fingerprint density at radius 3 is 2.59 bits per heavy atom. The number of rotatable bonds is 4. The zero-order chi connectivity index (χ0) is 23.8. The molecule has 0 saturated carbocycles. The van der Waals surface area contributed by atoms with Gasteiger partial charge in [-0.15, -0.1) is 0 Å². The Morgan fingerprint density at radius 1 is 1.12 bits per heavy atom. The molecule has 2 N–H and O–H groups in total. The number of hydrogen-bond donors (Lipinski definition) is 2. The molecule has 3 aliphatic rings. The van der Waals surface area contributed by atoms with Crippen LogP contribution in [0.4, 0.5) is 4.79 Å². The van der Waals surface area contributed by atoms with Crippen molar-refractivity contribution < 1.29 is 19.5 Å². The first-order valence-electron chi connectivity index (χ1n) is 11.8. The average Bonchev–Trinajstić information content (AvgIpc) is 3.24. The number of hydrogen-bond acceptors (Lipinski definition) is 4. The number of benzene rings is 1. The number of nitrogens with one attached hydrogen (secondary N) is 1. The maximum Gasteiger partial charge on any atom is 0.318 e. The summed E-state index contributed by atoms with van der Waals surface area (Å²) in [6, 6.07) is 8.87. The van der Waals surface area contributed by atoms with Crippen LogP contribution in [0.15, 0.2) is 30.3 Å². The van der Waals surface area contributed by atoms with Gasteiger partial charge >= 0.3 is 12.0 Å². The van der Waals surface area contributed by atoms with Crippen molar-refractivity contribution in [3.8, 4) is 0 Å². The number of amides is 3. The molecular formula is C24H28ClN5O4. The molecule has 4 heterocycles. The first-order valence-corrected chi connectivity index (χ1v) is 12.2. The van der Waals surface area contributed by atoms with E-state index in [0.717, 1.165) is 30.5 Å². The lowest BCUT2D eigenvalue weighted by atomic mass is 9.78. The van der Waals surface area contributed by atoms with E-state index in [1.165, 1.54) is 0 Å². The van der Waals surface area contributed by atoms with E-state index >= 15 is 0 Å². The summed E-state index contributed by atoms with van der Waals surface area (Å²) in [5.41, 5.74) is 2.12. The van der Waals surface area contributed by atoms with Gasteiger partial charge in [0.05, 0.1) is 24.7 Å². The fraction of sp³-hybridized carbons (Fsp3) is 0.500. The summed E-state index contributed by atoms with van der Waals surface area (Å²) in [5.74, 6) is -1.28. The summed E-state index contributed by atoms with van der Waals surface area (Å²) >= 11 is 6.01. The molecule has 0 radical (unpaired) electrons. The molecule has 34 heavy (non-hydrogen) atoms. The van der Waals surface area contributed by atoms with Gasteiger partial charge in [0, 0.05) is 30.2 Å². The summed E-state index contributed by atoms with van der Waals surface area (Å²) in [5, 5.41) is 17.6. The summed E-state index contributed by atoms with van der Waals surface area (Å²) < 4.78 is 1.80. The van der Waals surface area contributed by atoms with Gasteiger partial charge in [-0.3, -0.25) is 14.3 Å². The van der Waals surface area contributed by atoms with Crippen LogP contribution in [0.1, 0.15) is 53.8 Å². The molecule has 10 heteroatoms. The van der Waals surface area contributed by atoms with Crippen molar-refractivity contribution in [1.82, 2.24) is 24.9 Å². The largest absolute Gasteiger partial charge is 0.481 e. The zero-order valence-corrected chi connectivity index (χ0v) is 19.6. The highest BCUT2D eigenvalue weighted by Gasteiger charge is 2.44. The van der Waals surface area contributed by atoms with Crippen molar-refractivity contribution in [2.24, 2.45) is 5.92 Å². The summed E-state index contributed by atoms with van der Waals surface area (Å²) in [4.78, 5) is 41.2. The molecule has 180 valence electrons. The van der Waals surface area contributed by atoms with Crippen molar-refractivity contribution in [3.05, 3.63) is 52.3 Å². The minimum atomic E-state index is -0.768. The topological polar surface area (TPSA) is 108 Å². The third kappa shape index (κ3) is 4.49. The van der Waals surface area contributed by atoms with Crippen LogP contribution in [0.25, 0.3) is 0 Å². The molecule has 2 aromatic rings. The van der Waals surface area contributed by atoms with E-state index in [2.05, 4.69) is 10.4 Å². The summed E-state index contributed by atoms with van der Waals surface area (Å²) in [6.45, 7) is 1.77. The van der Waals surface area contributed by atoms with Gasteiger partial charge in [-0.05, 0) is 55.9 Å². The Morgan fingerprint density at radius 2 is 1.88 bits per heavy atom. The summed E-state index contributed by atoms with van der Waals surface area (Å²) in [6.07, 6.45) is 3.70. The van der Waals surface area contributed by atoms with Gasteiger partial charge < -0.3 is 20.2 Å². The molecule has 2 bridgehead atoms. The third-order valence-electron chi connectivity index (χ3n) is 7.20. The van der Waals surface area contributed by atoms with Gasteiger partial charge in [0.1, 0.15) is 0 Å². The van der Waals surface area contributed by atoms with Crippen LogP contribution in [-0.2, 0) is 24.4 Å². The highest BCUT2D eigenvalue weighted by Crippen LogP contribution is 2.38. The maximum absolute atomic E-state index is 13.4. The predicted molar refractivity (Wildman–Crippen MR) is 124 cm³/mol. The van der Waals surface area contributed by atoms with E-state index in [1.54, 1.807) is 21.7 Å². The fourth-order valence-corrected chi connectivity index (χ4v) is 5.74. The van der Waals surface area contributed by atoms with Crippen LogP contribution in [0, 0.1) is 5.92 Å². The van der Waals surface area contributed by atoms with E-state index in [1.807, 2.05) is 23.1 Å². The van der Waals surface area contributed by atoms with Crippen LogP contribution < -0.4 is 5.32 Å². The average molecular weight is 486 g/mol. The zero-order valence-electron chi connectivity index (χ0n) is 18.8. The Balaban J connectivity index is 1.24. The number of aromatic nitrogens is 2. The molecule has 2 unspecified atom stereocenters. The van der Waals surface area contributed by atoms with Gasteiger partial charge in [0.2, 0.25) is 0 Å². The highest BCUT2D eigenvalue weighted by molar-refractivity contribution is 6.30. The molecule has 3 aliphatic heterocycles. The number of nitrogens with zero attached hydrogens (tertiary/aromatic N) is 4. The molecule has 3 amide bonds. The molecule has 0 spiro atoms. The number of carboxylic acids is 1. The molecule has 2 saturated heterocycles. The van der Waals surface area contributed by atoms with Gasteiger partial charge in [-0.2, -0.15) is 5.10 Å². The number of carboxylic acid groups (broad SMARTS) is 1. The minimum absolute atomic E-state index is 0.0476. The van der Waals surface area contributed by atoms with Crippen molar-refractivity contribution in [2.75, 3.05) is 6.54 Å². The molecule has 9 nitrogen and oxygen atoms in total. The standard InChI is InChI=1S/C24H28ClN5O4/c25-17-4-1-3-15(9-17)13-26-24(34)28-7-8-29-20(14-28)12-21(27-29)22(31)30-18-5-2-6-19(30)11-16(10-18)23(32)33/h1,3-4,9,12,16,18-19H,2,5-8,10-11,13-14H2,(H,26,34)(H,32,33). The number of urea groups is 1. The first-order chi connectivity index (χ1) is 16.4. The summed E-state index contributed by atoms with van der Waals surface area (Å²) in [7, 11) is 0. The van der Waals surface area contributed by atoms with Crippen LogP contribution in [0.2, 0.25) is 5.02 Å². The number of fused-ring (bicyclic) bond motifs is 3. The number of halogens is 1. The first kappa shape index (κ1) is 22.7. The van der Waals surface area contributed by atoms with E-state index in [9.17, 15) is 19.5 Å². The van der Waals surface area contributed by atoms with E-state index in [4.69, 9.17) is 11.6 Å². The predicted octanol–water partition coefficient (Wildman–Crippen LogP) is 3.12. The number of piperidine rings is 2. The van der Waals surface area contributed by atoms with Gasteiger partial charge in [-0.1, -0.05) is 23.7 Å². The van der Waals surface area contributed by atoms with Gasteiger partial charge in [-0.25, -0.2) is 4.79 Å². The molecule has 5 rings (SSSR count). The lowest BCUT2D eigenvalue weighted by Crippen LogP contribution is -2.55. The van der Waals surface area contributed by atoms with Crippen molar-refractivity contribution in [2.45, 2.75) is 63.8 Å². The quantitative estimate of drug-likeness (QED) is 0.691. The Bertz CT molecular complexity index is 1100. The highest BCUT2D eigenvalue weighted by atomic mass is 35.5. The maximum atomic E-state index is 13.4. The van der Waals surface area contributed by atoms with Gasteiger partial charge in [0.15, 0.2) is 5.69 Å². The Labute approximate surface area is 202 Å². The fourth-order valence-electron chi connectivity index (χ4n) is 5.53. The van der Waals surface area contributed by atoms with Crippen molar-refractivity contribution in [1.29, 1.82) is 0 Å². The molecule has 1 aromatic carbocycles. The smallest absolute Gasteiger partial charge is 0.318 e. The van der Waals surface area contributed by atoms with E-state index in [0.29, 0.717) is 49.7 Å². The lowest BCUT2D eigenvalue weighted by Gasteiger charge is -2.47. The number of carbonyl (C=O) groups is 3. The second-order valence-corrected chi connectivity index (χ2v) is 9.85. The van der Waals surface area contributed by atoms with E-state index in [-0.39, 0.29) is 29.9 Å². The van der Waals surface area contributed by atoms with E-state index < -0.39 is 5.97 Å². The molecular weight excluding hydrogens is 458 g/mol. The second kappa shape index (κ2) is 9.29. The Kier molecular flexibility index (Phi) is 6.20. The van der Waals surface area contributed by atoms with Crippen LogP contribution >= 0.6 is 11.6 Å². The van der Waals surface area contributed by atoms with Crippen molar-refractivity contribution >= 4 is 29.5 Å². The molecule has 2 atom stereocenters. The van der Waals surface area contributed by atoms with Crippen LogP contribution in [-0.4, -0.2) is 61.2 Å². The lowest BCUT2D eigenvalue weighted by molar-refractivity contribution is -0.145. The monoisotopic (exact) mass is 485 g/mol. The normalized spacial score (nSPS) is 23.9. The van der Waals surface area contributed by atoms with Crippen LogP contribution in [0.3, 0.4) is 0 Å². The Hall–Kier alpha value is -3.07. The van der Waals surface area contributed by atoms with Crippen molar-refractivity contribution in [3.63, 3.8) is 0 Å². The molecule has 0 aliphatic carbocycles. The molecule has 1 aromatic heterocycles. The molecule has 2 fully saturated rings. The number of aliphatic carboxylic acids is 1. The SMILES string of the molecule is O=C(O)C1CC2CCCC(C1)N2C(=O)c1cc2n(n1)CCN(C(=O)NCc1cccc(Cl)c1)C2.